The molecular formula is C8H22N2OSi2. The minimum absolute atomic E-state index is 0.557. The summed E-state index contributed by atoms with van der Waals surface area (Å²) in [5, 5.41) is 0. The van der Waals surface area contributed by atoms with Crippen LogP contribution in [0.2, 0.25) is 25.2 Å². The van der Waals surface area contributed by atoms with Gasteiger partial charge in [-0.25, -0.2) is 0 Å². The number of rotatable bonds is 8. The van der Waals surface area contributed by atoms with Crippen molar-refractivity contribution in [1.82, 2.24) is 0 Å². The topological polar surface area (TPSA) is 61.3 Å². The lowest BCUT2D eigenvalue weighted by molar-refractivity contribution is 0.580. The van der Waals surface area contributed by atoms with Crippen LogP contribution in [-0.2, 0) is 4.12 Å². The van der Waals surface area contributed by atoms with E-state index in [0.717, 1.165) is 25.9 Å². The monoisotopic (exact) mass is 218 g/mol. The van der Waals surface area contributed by atoms with E-state index in [-0.39, 0.29) is 0 Å². The predicted octanol–water partition coefficient (Wildman–Crippen LogP) is 0.943. The van der Waals surface area contributed by atoms with E-state index in [1.165, 1.54) is 12.1 Å². The van der Waals surface area contributed by atoms with E-state index in [0.29, 0.717) is 0 Å². The smallest absolute Gasteiger partial charge is 0.194 e. The van der Waals surface area contributed by atoms with Crippen LogP contribution < -0.4 is 11.5 Å². The summed E-state index contributed by atoms with van der Waals surface area (Å²) in [5.74, 6) is 0. The lowest BCUT2D eigenvalue weighted by Gasteiger charge is -2.15. The molecule has 4 N–H and O–H groups in total. The summed E-state index contributed by atoms with van der Waals surface area (Å²) < 4.78 is 5.95. The molecule has 0 spiro atoms. The van der Waals surface area contributed by atoms with Crippen LogP contribution in [-0.4, -0.2) is 31.2 Å². The summed E-state index contributed by atoms with van der Waals surface area (Å²) >= 11 is 0. The molecule has 0 aliphatic rings. The van der Waals surface area contributed by atoms with E-state index in [4.69, 9.17) is 15.6 Å². The third-order valence-electron chi connectivity index (χ3n) is 1.81. The van der Waals surface area contributed by atoms with Gasteiger partial charge >= 0.3 is 0 Å². The fourth-order valence-electron chi connectivity index (χ4n) is 1.10. The first-order valence-corrected chi connectivity index (χ1v) is 9.16. The minimum atomic E-state index is -0.557. The highest BCUT2D eigenvalue weighted by molar-refractivity contribution is 6.64. The highest BCUT2D eigenvalue weighted by Crippen LogP contribution is 2.04. The lowest BCUT2D eigenvalue weighted by atomic mass is 10.5. The van der Waals surface area contributed by atoms with Gasteiger partial charge in [-0.3, -0.25) is 0 Å². The van der Waals surface area contributed by atoms with Crippen molar-refractivity contribution in [3.05, 3.63) is 0 Å². The second kappa shape index (κ2) is 8.89. The fourth-order valence-corrected chi connectivity index (χ4v) is 5.70. The van der Waals surface area contributed by atoms with Crippen LogP contribution in [0.4, 0.5) is 0 Å². The van der Waals surface area contributed by atoms with Gasteiger partial charge in [0.1, 0.15) is 0 Å². The van der Waals surface area contributed by atoms with E-state index in [2.05, 4.69) is 13.1 Å². The molecule has 0 aromatic rings. The third kappa shape index (κ3) is 8.64. The molecule has 2 radical (unpaired) electrons. The molecule has 0 aliphatic heterocycles. The average molecular weight is 218 g/mol. The van der Waals surface area contributed by atoms with Crippen LogP contribution >= 0.6 is 0 Å². The van der Waals surface area contributed by atoms with Gasteiger partial charge in [0.25, 0.3) is 0 Å². The van der Waals surface area contributed by atoms with E-state index >= 15 is 0 Å². The molecule has 13 heavy (non-hydrogen) atoms. The summed E-state index contributed by atoms with van der Waals surface area (Å²) in [6, 6.07) is 2.37. The predicted molar refractivity (Wildman–Crippen MR) is 61.3 cm³/mol. The molecule has 78 valence electrons. The summed E-state index contributed by atoms with van der Waals surface area (Å²) in [7, 11) is -1.11. The molecule has 5 heteroatoms. The Morgan fingerprint density at radius 2 is 1.31 bits per heavy atom. The first-order chi connectivity index (χ1) is 6.20. The van der Waals surface area contributed by atoms with E-state index < -0.39 is 18.1 Å². The zero-order chi connectivity index (χ0) is 10.1. The van der Waals surface area contributed by atoms with Crippen molar-refractivity contribution in [3.8, 4) is 0 Å². The Morgan fingerprint density at radius 3 is 1.62 bits per heavy atom. The average Bonchev–Trinajstić information content (AvgIpc) is 2.11. The van der Waals surface area contributed by atoms with Gasteiger partial charge in [0, 0.05) is 0 Å². The molecule has 0 atom stereocenters. The molecule has 0 amide bonds. The highest BCUT2D eigenvalue weighted by atomic mass is 28.4. The van der Waals surface area contributed by atoms with Crippen molar-refractivity contribution in [3.63, 3.8) is 0 Å². The summed E-state index contributed by atoms with van der Waals surface area (Å²) in [4.78, 5) is 0. The van der Waals surface area contributed by atoms with Crippen LogP contribution in [0.5, 0.6) is 0 Å². The standard InChI is InChI=1S/C8H22N2OSi2/c1-12(7-3-5-9)11-13(2)8-4-6-10/h3-10H2,1-2H3. The van der Waals surface area contributed by atoms with Crippen molar-refractivity contribution in [1.29, 1.82) is 0 Å². The van der Waals surface area contributed by atoms with Gasteiger partial charge in [0.05, 0.1) is 0 Å². The van der Waals surface area contributed by atoms with E-state index in [1.54, 1.807) is 0 Å². The van der Waals surface area contributed by atoms with Crippen LogP contribution in [0, 0.1) is 0 Å². The number of nitrogens with two attached hydrogens (primary N) is 2. The van der Waals surface area contributed by atoms with Gasteiger partial charge < -0.3 is 15.6 Å². The Labute approximate surface area is 85.3 Å². The van der Waals surface area contributed by atoms with Crippen molar-refractivity contribution < 1.29 is 4.12 Å². The largest absolute Gasteiger partial charge is 0.456 e. The highest BCUT2D eigenvalue weighted by Gasteiger charge is 2.11. The molecular weight excluding hydrogens is 196 g/mol. The molecule has 0 aromatic heterocycles. The second-order valence-corrected chi connectivity index (χ2v) is 7.92. The van der Waals surface area contributed by atoms with Gasteiger partial charge in [0.2, 0.25) is 0 Å². The first-order valence-electron chi connectivity index (χ1n) is 4.93. The van der Waals surface area contributed by atoms with Crippen molar-refractivity contribution in [2.24, 2.45) is 11.5 Å². The van der Waals surface area contributed by atoms with Crippen LogP contribution in [0.25, 0.3) is 0 Å². The van der Waals surface area contributed by atoms with Gasteiger partial charge in [0.15, 0.2) is 18.1 Å². The Morgan fingerprint density at radius 1 is 0.923 bits per heavy atom. The molecule has 0 saturated heterocycles. The van der Waals surface area contributed by atoms with Crippen molar-refractivity contribution in [2.45, 2.75) is 38.0 Å². The van der Waals surface area contributed by atoms with Crippen molar-refractivity contribution in [2.75, 3.05) is 13.1 Å². The molecule has 0 aromatic carbocycles. The van der Waals surface area contributed by atoms with Gasteiger partial charge in [-0.1, -0.05) is 0 Å². The number of hydrogen-bond donors (Lipinski definition) is 2. The Balaban J connectivity index is 3.35. The SMILES string of the molecule is C[Si](CCCN)O[Si](C)CCCN. The molecule has 0 bridgehead atoms. The minimum Gasteiger partial charge on any atom is -0.456 e. The second-order valence-electron chi connectivity index (χ2n) is 3.29. The summed E-state index contributed by atoms with van der Waals surface area (Å²) in [6.45, 7) is 6.05. The van der Waals surface area contributed by atoms with Gasteiger partial charge in [-0.15, -0.1) is 0 Å². The summed E-state index contributed by atoms with van der Waals surface area (Å²) in [5.41, 5.74) is 10.9. The first kappa shape index (κ1) is 13.3. The maximum absolute atomic E-state index is 5.95. The third-order valence-corrected chi connectivity index (χ3v) is 6.72. The maximum atomic E-state index is 5.95. The molecule has 0 heterocycles. The van der Waals surface area contributed by atoms with E-state index in [9.17, 15) is 0 Å². The normalized spacial score (nSPS) is 11.5. The summed E-state index contributed by atoms with van der Waals surface area (Å²) in [6.07, 6.45) is 2.22. The van der Waals surface area contributed by atoms with Gasteiger partial charge in [-0.2, -0.15) is 0 Å². The quantitative estimate of drug-likeness (QED) is 0.596. The molecule has 0 aliphatic carbocycles. The molecule has 0 unspecified atom stereocenters. The van der Waals surface area contributed by atoms with Crippen LogP contribution in [0.3, 0.4) is 0 Å². The molecule has 3 nitrogen and oxygen atoms in total. The van der Waals surface area contributed by atoms with Crippen LogP contribution in [0.1, 0.15) is 12.8 Å². The Kier molecular flexibility index (Phi) is 9.11. The lowest BCUT2D eigenvalue weighted by Crippen LogP contribution is -2.25. The van der Waals surface area contributed by atoms with E-state index in [1.807, 2.05) is 0 Å². The maximum Gasteiger partial charge on any atom is 0.194 e. The molecule has 0 saturated carbocycles. The molecule has 0 fully saturated rings. The van der Waals surface area contributed by atoms with Crippen molar-refractivity contribution >= 4 is 18.1 Å². The Bertz CT molecular complexity index is 104. The van der Waals surface area contributed by atoms with Crippen LogP contribution in [0.15, 0.2) is 0 Å². The Hall–Kier alpha value is 0.314. The molecule has 0 rings (SSSR count). The van der Waals surface area contributed by atoms with Gasteiger partial charge in [-0.05, 0) is 51.1 Å². The fraction of sp³-hybridized carbons (Fsp3) is 1.00. The zero-order valence-electron chi connectivity index (χ0n) is 8.81. The number of hydrogen-bond acceptors (Lipinski definition) is 3. The zero-order valence-corrected chi connectivity index (χ0v) is 10.8.